The first-order valence-corrected chi connectivity index (χ1v) is 14.6. The van der Waals surface area contributed by atoms with Gasteiger partial charge >= 0.3 is 12.0 Å². The van der Waals surface area contributed by atoms with Crippen molar-refractivity contribution in [1.29, 1.82) is 0 Å². The van der Waals surface area contributed by atoms with E-state index in [1.54, 1.807) is 6.92 Å². The fourth-order valence-electron chi connectivity index (χ4n) is 4.00. The molecule has 0 aliphatic carbocycles. The third kappa shape index (κ3) is 23.7. The Labute approximate surface area is 224 Å². The fourth-order valence-corrected chi connectivity index (χ4v) is 4.00. The van der Waals surface area contributed by atoms with Crippen molar-refractivity contribution >= 4 is 24.0 Å². The Hall–Kier alpha value is -2.41. The van der Waals surface area contributed by atoms with Gasteiger partial charge in [-0.05, 0) is 45.4 Å². The maximum absolute atomic E-state index is 12.2. The fraction of sp³-hybridized carbons (Fsp3) is 0.857. The molecule has 0 heterocycles. The topological polar surface area (TPSA) is 126 Å². The number of isocyanates is 1. The van der Waals surface area contributed by atoms with E-state index in [9.17, 15) is 19.2 Å². The van der Waals surface area contributed by atoms with E-state index in [4.69, 9.17) is 4.74 Å². The average Bonchev–Trinajstić information content (AvgIpc) is 2.88. The Bertz CT molecular complexity index is 638. The molecule has 0 aromatic carbocycles. The van der Waals surface area contributed by atoms with Crippen LogP contribution < -0.4 is 16.0 Å². The lowest BCUT2D eigenvalue weighted by molar-refractivity contribution is -0.145. The van der Waals surface area contributed by atoms with Crippen molar-refractivity contribution < 1.29 is 23.9 Å². The van der Waals surface area contributed by atoms with Crippen LogP contribution in [0.25, 0.3) is 0 Å². The summed E-state index contributed by atoms with van der Waals surface area (Å²) in [5.41, 5.74) is 0. The molecule has 1 atom stereocenters. The number of amides is 3. The van der Waals surface area contributed by atoms with Gasteiger partial charge in [0.1, 0.15) is 6.04 Å². The quantitative estimate of drug-likeness (QED) is 0.0645. The van der Waals surface area contributed by atoms with Gasteiger partial charge in [-0.2, -0.15) is 0 Å². The first-order chi connectivity index (χ1) is 18.0. The molecule has 1 unspecified atom stereocenters. The van der Waals surface area contributed by atoms with Gasteiger partial charge in [-0.15, -0.1) is 0 Å². The lowest BCUT2D eigenvalue weighted by Gasteiger charge is -2.18. The summed E-state index contributed by atoms with van der Waals surface area (Å²) in [4.78, 5) is 50.0. The van der Waals surface area contributed by atoms with Crippen LogP contribution >= 0.6 is 0 Å². The summed E-state index contributed by atoms with van der Waals surface area (Å²) in [6.07, 6.45) is 18.5. The zero-order valence-corrected chi connectivity index (χ0v) is 23.4. The summed E-state index contributed by atoms with van der Waals surface area (Å²) in [5.74, 6) is -0.360. The number of aliphatic imine (C=N–C) groups is 1. The predicted molar refractivity (Wildman–Crippen MR) is 147 cm³/mol. The highest BCUT2D eigenvalue weighted by Gasteiger charge is 2.21. The van der Waals surface area contributed by atoms with Gasteiger partial charge in [0.05, 0.1) is 13.2 Å². The van der Waals surface area contributed by atoms with Gasteiger partial charge in [-0.25, -0.2) is 19.4 Å². The maximum atomic E-state index is 12.2. The van der Waals surface area contributed by atoms with Crippen LogP contribution in [0.2, 0.25) is 0 Å². The highest BCUT2D eigenvalue weighted by Crippen LogP contribution is 2.10. The molecule has 0 aromatic rings. The zero-order chi connectivity index (χ0) is 27.4. The minimum atomic E-state index is -0.709. The second kappa shape index (κ2) is 26.6. The number of hydrogen-bond acceptors (Lipinski definition) is 6. The Morgan fingerprint density at radius 3 is 2.03 bits per heavy atom. The Balaban J connectivity index is 3.94. The lowest BCUT2D eigenvalue weighted by Crippen LogP contribution is -2.47. The number of esters is 1. The largest absolute Gasteiger partial charge is 0.464 e. The van der Waals surface area contributed by atoms with Crippen LogP contribution in [0.5, 0.6) is 0 Å². The van der Waals surface area contributed by atoms with Gasteiger partial charge in [0, 0.05) is 19.5 Å². The number of carbonyl (C=O) groups is 3. The molecule has 37 heavy (non-hydrogen) atoms. The summed E-state index contributed by atoms with van der Waals surface area (Å²) in [7, 11) is 0. The van der Waals surface area contributed by atoms with E-state index >= 15 is 0 Å². The van der Waals surface area contributed by atoms with E-state index in [1.807, 2.05) is 0 Å². The summed E-state index contributed by atoms with van der Waals surface area (Å²) >= 11 is 0. The van der Waals surface area contributed by atoms with Crippen molar-refractivity contribution in [2.75, 3.05) is 26.2 Å². The summed E-state index contributed by atoms with van der Waals surface area (Å²) in [6, 6.07) is -1.10. The summed E-state index contributed by atoms with van der Waals surface area (Å²) in [6.45, 7) is 5.77. The summed E-state index contributed by atoms with van der Waals surface area (Å²) < 4.78 is 5.10. The minimum absolute atomic E-state index is 0.0823. The number of urea groups is 1. The first kappa shape index (κ1) is 34.6. The highest BCUT2D eigenvalue weighted by molar-refractivity contribution is 5.83. The molecule has 0 bridgehead atoms. The third-order valence-electron chi connectivity index (χ3n) is 6.17. The second-order valence-electron chi connectivity index (χ2n) is 9.52. The van der Waals surface area contributed by atoms with E-state index < -0.39 is 18.0 Å². The van der Waals surface area contributed by atoms with Gasteiger partial charge in [-0.1, -0.05) is 71.1 Å². The number of nitrogens with one attached hydrogen (secondary N) is 3. The molecular formula is C28H52N4O5. The van der Waals surface area contributed by atoms with E-state index in [2.05, 4.69) is 27.9 Å². The van der Waals surface area contributed by atoms with Crippen LogP contribution in [0.15, 0.2) is 4.99 Å². The number of rotatable bonds is 25. The number of hydrogen-bond donors (Lipinski definition) is 3. The van der Waals surface area contributed by atoms with Crippen LogP contribution in [0.1, 0.15) is 123 Å². The molecule has 9 heteroatoms. The van der Waals surface area contributed by atoms with Crippen LogP contribution in [-0.2, 0) is 19.1 Å². The van der Waals surface area contributed by atoms with Crippen LogP contribution in [0.3, 0.4) is 0 Å². The number of unbranched alkanes of at least 4 members (excludes halogenated alkanes) is 12. The maximum Gasteiger partial charge on any atom is 0.328 e. The van der Waals surface area contributed by atoms with E-state index in [0.29, 0.717) is 38.9 Å². The van der Waals surface area contributed by atoms with Crippen molar-refractivity contribution in [1.82, 2.24) is 16.0 Å². The van der Waals surface area contributed by atoms with Gasteiger partial charge in [0.25, 0.3) is 0 Å². The van der Waals surface area contributed by atoms with E-state index in [-0.39, 0.29) is 12.5 Å². The number of carbonyl (C=O) groups excluding carboxylic acids is 4. The van der Waals surface area contributed by atoms with E-state index in [0.717, 1.165) is 44.9 Å². The highest BCUT2D eigenvalue weighted by atomic mass is 16.5. The monoisotopic (exact) mass is 524 g/mol. The van der Waals surface area contributed by atoms with Crippen molar-refractivity contribution in [3.05, 3.63) is 0 Å². The Kier molecular flexibility index (Phi) is 24.9. The molecule has 0 fully saturated rings. The molecule has 0 aromatic heterocycles. The van der Waals surface area contributed by atoms with E-state index in [1.165, 1.54) is 51.0 Å². The minimum Gasteiger partial charge on any atom is -0.464 e. The first-order valence-electron chi connectivity index (χ1n) is 14.6. The Morgan fingerprint density at radius 2 is 1.35 bits per heavy atom. The molecule has 0 radical (unpaired) electrons. The molecule has 0 rings (SSSR count). The molecule has 0 saturated carbocycles. The van der Waals surface area contributed by atoms with Crippen LogP contribution in [0.4, 0.5) is 4.79 Å². The van der Waals surface area contributed by atoms with Crippen molar-refractivity contribution in [2.45, 2.75) is 129 Å². The van der Waals surface area contributed by atoms with Gasteiger partial charge < -0.3 is 20.7 Å². The number of ether oxygens (including phenoxy) is 1. The smallest absolute Gasteiger partial charge is 0.328 e. The molecule has 9 nitrogen and oxygen atoms in total. The van der Waals surface area contributed by atoms with Crippen molar-refractivity contribution in [3.63, 3.8) is 0 Å². The SMILES string of the molecule is CCCCCCCCCCCC(=O)NCCCCC(NC(=O)NCCCCCCN=C=O)C(=O)OCC. The van der Waals surface area contributed by atoms with Crippen molar-refractivity contribution in [2.24, 2.45) is 4.99 Å². The lowest BCUT2D eigenvalue weighted by atomic mass is 10.1. The Morgan fingerprint density at radius 1 is 0.757 bits per heavy atom. The molecule has 3 amide bonds. The zero-order valence-electron chi connectivity index (χ0n) is 23.4. The van der Waals surface area contributed by atoms with Gasteiger partial charge in [0.15, 0.2) is 0 Å². The molecule has 0 spiro atoms. The molecule has 214 valence electrons. The van der Waals surface area contributed by atoms with Crippen LogP contribution in [-0.4, -0.2) is 56.3 Å². The molecule has 0 aliphatic heterocycles. The molecule has 3 N–H and O–H groups in total. The van der Waals surface area contributed by atoms with Gasteiger partial charge in [-0.3, -0.25) is 4.79 Å². The second-order valence-corrected chi connectivity index (χ2v) is 9.52. The molecular weight excluding hydrogens is 472 g/mol. The normalized spacial score (nSPS) is 11.3. The molecule has 0 aliphatic rings. The average molecular weight is 525 g/mol. The standard InChI is InChI=1S/C28H52N4O5/c1-3-5-6-7-8-9-10-11-14-20-26(34)30-22-18-15-19-25(27(35)37-4-2)32-28(36)31-23-17-13-12-16-21-29-24-33/h25H,3-23H2,1-2H3,(H,30,34)(H2,31,32,36). The van der Waals surface area contributed by atoms with Crippen molar-refractivity contribution in [3.8, 4) is 0 Å². The molecule has 0 saturated heterocycles. The predicted octanol–water partition coefficient (Wildman–Crippen LogP) is 5.32. The summed E-state index contributed by atoms with van der Waals surface area (Å²) in [5, 5.41) is 8.43. The third-order valence-corrected chi connectivity index (χ3v) is 6.17. The van der Waals surface area contributed by atoms with Gasteiger partial charge in [0.2, 0.25) is 12.0 Å². The van der Waals surface area contributed by atoms with Crippen LogP contribution in [0, 0.1) is 0 Å². The number of nitrogens with zero attached hydrogens (tertiary/aromatic N) is 1.